The van der Waals surface area contributed by atoms with E-state index in [0.717, 1.165) is 37.8 Å². The van der Waals surface area contributed by atoms with E-state index in [-0.39, 0.29) is 29.5 Å². The van der Waals surface area contributed by atoms with Gasteiger partial charge in [0.2, 0.25) is 5.91 Å². The summed E-state index contributed by atoms with van der Waals surface area (Å²) in [4.78, 5) is 32.8. The fraction of sp³-hybridized carbons (Fsp3) is 0.484. The molecule has 5 aliphatic rings. The second kappa shape index (κ2) is 8.96. The number of rotatable bonds is 6. The van der Waals surface area contributed by atoms with Gasteiger partial charge in [0.15, 0.2) is 5.82 Å². The Bertz CT molecular complexity index is 1560. The van der Waals surface area contributed by atoms with Crippen LogP contribution < -0.4 is 9.64 Å². The molecular formula is C31H33FN6O2. The van der Waals surface area contributed by atoms with Crippen LogP contribution in [0.3, 0.4) is 0 Å². The maximum absolute atomic E-state index is 16.5. The molecule has 3 aliphatic heterocycles. The fourth-order valence-corrected chi connectivity index (χ4v) is 7.65. The lowest BCUT2D eigenvalue weighted by molar-refractivity contribution is -0.127. The van der Waals surface area contributed by atoms with Crippen molar-refractivity contribution in [1.82, 2.24) is 24.8 Å². The van der Waals surface area contributed by atoms with E-state index < -0.39 is 5.82 Å². The molecule has 206 valence electrons. The van der Waals surface area contributed by atoms with Crippen LogP contribution in [0.25, 0.3) is 22.2 Å². The first kappa shape index (κ1) is 24.2. The number of likely N-dealkylation sites (N-methyl/N-ethyl adjacent to an activating group) is 1. The normalized spacial score (nSPS) is 28.3. The zero-order valence-corrected chi connectivity index (χ0v) is 22.7. The molecule has 2 aliphatic carbocycles. The Morgan fingerprint density at radius 2 is 2.12 bits per heavy atom. The highest BCUT2D eigenvalue weighted by Crippen LogP contribution is 2.58. The van der Waals surface area contributed by atoms with Crippen molar-refractivity contribution in [1.29, 1.82) is 0 Å². The van der Waals surface area contributed by atoms with Gasteiger partial charge in [-0.2, -0.15) is 9.97 Å². The summed E-state index contributed by atoms with van der Waals surface area (Å²) in [6, 6.07) is 6.87. The summed E-state index contributed by atoms with van der Waals surface area (Å²) in [5.74, 6) is 1.38. The zero-order valence-electron chi connectivity index (χ0n) is 22.7. The van der Waals surface area contributed by atoms with Gasteiger partial charge in [0.1, 0.15) is 23.6 Å². The number of fused-ring (bicyclic) bond motifs is 5. The number of carbonyl (C=O) groups excluding carboxylic acids is 1. The summed E-state index contributed by atoms with van der Waals surface area (Å²) in [5, 5.41) is 0.579. The molecule has 0 radical (unpaired) electrons. The standard InChI is InChI=1S/C31H33FN6O2/c1-3-25(39)37-11-9-23-24(37)15-38(23)30-22-14-33-28(20-8-4-6-17-12-18-13-21(18)26(17)20)27(32)29(22)34-31(35-30)40-16-19-7-5-10-36(19)2/h3-4,6,8,14,18-19,21,23-24H,1,5,7,9-13,15-16H2,2H3/t18?,19-,21?,23+,24+/m0/s1. The highest BCUT2D eigenvalue weighted by atomic mass is 19.1. The lowest BCUT2D eigenvalue weighted by Crippen LogP contribution is -2.63. The van der Waals surface area contributed by atoms with E-state index in [1.165, 1.54) is 23.6 Å². The van der Waals surface area contributed by atoms with Crippen LogP contribution in [0, 0.1) is 11.7 Å². The molecule has 2 aromatic heterocycles. The van der Waals surface area contributed by atoms with Crippen molar-refractivity contribution >= 4 is 22.6 Å². The maximum Gasteiger partial charge on any atom is 0.319 e. The SMILES string of the molecule is C=CC(=O)N1CC[C@@H]2[C@H]1CN2c1nc(OC[C@@H]2CCCN2C)nc2c(F)c(-c3cccc4c3C3CC3C4)ncc12. The predicted octanol–water partition coefficient (Wildman–Crippen LogP) is 3.94. The molecule has 8 rings (SSSR count). The van der Waals surface area contributed by atoms with E-state index in [9.17, 15) is 4.79 Å². The smallest absolute Gasteiger partial charge is 0.319 e. The van der Waals surface area contributed by atoms with E-state index in [0.29, 0.717) is 54.5 Å². The van der Waals surface area contributed by atoms with Crippen LogP contribution in [-0.2, 0) is 11.2 Å². The monoisotopic (exact) mass is 540 g/mol. The van der Waals surface area contributed by atoms with Crippen LogP contribution in [0.5, 0.6) is 6.01 Å². The second-order valence-electron chi connectivity index (χ2n) is 12.1. The fourth-order valence-electron chi connectivity index (χ4n) is 7.65. The number of pyridine rings is 1. The van der Waals surface area contributed by atoms with E-state index >= 15 is 4.39 Å². The van der Waals surface area contributed by atoms with E-state index in [2.05, 4.69) is 34.5 Å². The van der Waals surface area contributed by atoms with Crippen LogP contribution in [0.4, 0.5) is 10.2 Å². The second-order valence-corrected chi connectivity index (χ2v) is 12.1. The first-order valence-corrected chi connectivity index (χ1v) is 14.5. The minimum absolute atomic E-state index is 0.0463. The van der Waals surface area contributed by atoms with Crippen molar-refractivity contribution < 1.29 is 13.9 Å². The third-order valence-corrected chi connectivity index (χ3v) is 9.97. The van der Waals surface area contributed by atoms with Gasteiger partial charge in [-0.15, -0.1) is 0 Å². The van der Waals surface area contributed by atoms with Gasteiger partial charge in [-0.25, -0.2) is 4.39 Å². The number of anilines is 1. The van der Waals surface area contributed by atoms with Gasteiger partial charge in [0, 0.05) is 30.9 Å². The van der Waals surface area contributed by atoms with Crippen LogP contribution in [-0.4, -0.2) is 82.1 Å². The van der Waals surface area contributed by atoms with Gasteiger partial charge in [-0.05, 0) is 74.7 Å². The molecule has 4 fully saturated rings. The van der Waals surface area contributed by atoms with E-state index in [4.69, 9.17) is 14.7 Å². The molecule has 0 N–H and O–H groups in total. The minimum Gasteiger partial charge on any atom is -0.462 e. The van der Waals surface area contributed by atoms with Gasteiger partial charge in [0.25, 0.3) is 0 Å². The van der Waals surface area contributed by atoms with Crippen LogP contribution in [0.15, 0.2) is 37.1 Å². The van der Waals surface area contributed by atoms with Gasteiger partial charge in [0.05, 0.1) is 17.5 Å². The van der Waals surface area contributed by atoms with Crippen molar-refractivity contribution in [3.63, 3.8) is 0 Å². The molecule has 2 unspecified atom stereocenters. The summed E-state index contributed by atoms with van der Waals surface area (Å²) in [6.45, 7) is 6.46. The Morgan fingerprint density at radius 1 is 1.23 bits per heavy atom. The Balaban J connectivity index is 1.20. The molecule has 5 atom stereocenters. The van der Waals surface area contributed by atoms with Gasteiger partial charge in [-0.1, -0.05) is 24.8 Å². The zero-order chi connectivity index (χ0) is 27.1. The molecule has 3 saturated heterocycles. The van der Waals surface area contributed by atoms with E-state index in [1.54, 1.807) is 6.20 Å². The lowest BCUT2D eigenvalue weighted by Gasteiger charge is -2.47. The number of nitrogens with zero attached hydrogens (tertiary/aromatic N) is 6. The largest absolute Gasteiger partial charge is 0.462 e. The van der Waals surface area contributed by atoms with Crippen molar-refractivity contribution in [2.24, 2.45) is 5.92 Å². The number of ether oxygens (including phenoxy) is 1. The molecule has 3 aromatic rings. The van der Waals surface area contributed by atoms with E-state index in [1.807, 2.05) is 17.0 Å². The minimum atomic E-state index is -0.423. The van der Waals surface area contributed by atoms with Gasteiger partial charge < -0.3 is 19.4 Å². The molecule has 0 bridgehead atoms. The summed E-state index contributed by atoms with van der Waals surface area (Å²) < 4.78 is 22.7. The Kier molecular flexibility index (Phi) is 5.43. The number of carbonyl (C=O) groups is 1. The highest BCUT2D eigenvalue weighted by Gasteiger charge is 2.50. The Morgan fingerprint density at radius 3 is 2.95 bits per heavy atom. The van der Waals surface area contributed by atoms with Crippen molar-refractivity contribution in [2.45, 2.75) is 56.1 Å². The maximum atomic E-state index is 16.5. The average Bonchev–Trinajstić information content (AvgIpc) is 3.24. The lowest BCUT2D eigenvalue weighted by atomic mass is 9.95. The Labute approximate surface area is 232 Å². The molecular weight excluding hydrogens is 507 g/mol. The van der Waals surface area contributed by atoms with Crippen molar-refractivity contribution in [2.75, 3.05) is 38.2 Å². The molecule has 9 heteroatoms. The molecule has 8 nitrogen and oxygen atoms in total. The van der Waals surface area contributed by atoms with Crippen LogP contribution in [0.1, 0.15) is 42.7 Å². The molecule has 40 heavy (non-hydrogen) atoms. The topological polar surface area (TPSA) is 74.7 Å². The Hall–Kier alpha value is -3.59. The quantitative estimate of drug-likeness (QED) is 0.439. The molecule has 0 spiro atoms. The summed E-state index contributed by atoms with van der Waals surface area (Å²) >= 11 is 0. The summed E-state index contributed by atoms with van der Waals surface area (Å²) in [6.07, 6.45) is 8.38. The molecule has 1 aromatic carbocycles. The molecule has 5 heterocycles. The number of hydrogen-bond acceptors (Lipinski definition) is 7. The van der Waals surface area contributed by atoms with Crippen molar-refractivity contribution in [3.8, 4) is 17.3 Å². The predicted molar refractivity (Wildman–Crippen MR) is 150 cm³/mol. The first-order valence-electron chi connectivity index (χ1n) is 14.5. The summed E-state index contributed by atoms with van der Waals surface area (Å²) in [7, 11) is 2.10. The summed E-state index contributed by atoms with van der Waals surface area (Å²) in [5.41, 5.74) is 4.06. The third kappa shape index (κ3) is 3.59. The first-order chi connectivity index (χ1) is 19.5. The van der Waals surface area contributed by atoms with Crippen molar-refractivity contribution in [3.05, 3.63) is 54.0 Å². The molecule has 1 amide bonds. The van der Waals surface area contributed by atoms with Gasteiger partial charge in [-0.3, -0.25) is 9.78 Å². The third-order valence-electron chi connectivity index (χ3n) is 9.97. The number of hydrogen-bond donors (Lipinski definition) is 0. The number of aromatic nitrogens is 3. The molecule has 1 saturated carbocycles. The highest BCUT2D eigenvalue weighted by molar-refractivity contribution is 5.93. The number of halogens is 1. The van der Waals surface area contributed by atoms with Crippen LogP contribution in [0.2, 0.25) is 0 Å². The average molecular weight is 541 g/mol. The van der Waals surface area contributed by atoms with Crippen LogP contribution >= 0.6 is 0 Å². The number of likely N-dealkylation sites (tertiary alicyclic amines) is 2. The number of amides is 1. The number of benzene rings is 1. The van der Waals surface area contributed by atoms with Gasteiger partial charge >= 0.3 is 6.01 Å².